The lowest BCUT2D eigenvalue weighted by atomic mass is 10.2. The van der Waals surface area contributed by atoms with Crippen molar-refractivity contribution in [3.8, 4) is 0 Å². The van der Waals surface area contributed by atoms with E-state index in [0.29, 0.717) is 6.29 Å². The van der Waals surface area contributed by atoms with Crippen LogP contribution in [0.15, 0.2) is 12.1 Å². The third-order valence-corrected chi connectivity index (χ3v) is 2.01. The number of hydrogen-bond acceptors (Lipinski definition) is 2. The summed E-state index contributed by atoms with van der Waals surface area (Å²) in [6.45, 7) is 0. The van der Waals surface area contributed by atoms with Crippen molar-refractivity contribution in [2.45, 2.75) is 0 Å². The highest BCUT2D eigenvalue weighted by molar-refractivity contribution is 5.95. The molecule has 1 heterocycles. The first kappa shape index (κ1) is 8.80. The van der Waals surface area contributed by atoms with E-state index in [1.165, 1.54) is 11.7 Å². The average Bonchev–Trinajstić information content (AvgIpc) is 2.43. The Kier molecular flexibility index (Phi) is 1.80. The predicted octanol–water partition coefficient (Wildman–Crippen LogP) is 1.66. The van der Waals surface area contributed by atoms with Gasteiger partial charge in [0.15, 0.2) is 6.29 Å². The highest BCUT2D eigenvalue weighted by atomic mass is 19.1. The maximum absolute atomic E-state index is 13.3. The van der Waals surface area contributed by atoms with Crippen LogP contribution in [0.3, 0.4) is 0 Å². The lowest BCUT2D eigenvalue weighted by Gasteiger charge is -1.95. The summed E-state index contributed by atoms with van der Waals surface area (Å²) in [5.41, 5.74) is 0.254. The molecule has 2 aromatic rings. The number of benzene rings is 1. The quantitative estimate of drug-likeness (QED) is 0.650. The summed E-state index contributed by atoms with van der Waals surface area (Å²) in [4.78, 5) is 10.5. The van der Waals surface area contributed by atoms with Crippen molar-refractivity contribution in [3.05, 3.63) is 29.5 Å². The largest absolute Gasteiger partial charge is 0.296 e. The molecular weight excluding hydrogens is 190 g/mol. The molecule has 2 rings (SSSR count). The molecule has 0 aliphatic rings. The fourth-order valence-electron chi connectivity index (χ4n) is 1.42. The van der Waals surface area contributed by atoms with Crippen molar-refractivity contribution in [3.63, 3.8) is 0 Å². The minimum Gasteiger partial charge on any atom is -0.296 e. The van der Waals surface area contributed by atoms with Crippen LogP contribution in [0.4, 0.5) is 8.78 Å². The number of halogens is 2. The lowest BCUT2D eigenvalue weighted by Crippen LogP contribution is -1.90. The van der Waals surface area contributed by atoms with Crippen LogP contribution >= 0.6 is 0 Å². The highest BCUT2D eigenvalue weighted by Gasteiger charge is 2.13. The Morgan fingerprint density at radius 2 is 2.14 bits per heavy atom. The fourth-order valence-corrected chi connectivity index (χ4v) is 1.42. The number of nitrogens with zero attached hydrogens (tertiary/aromatic N) is 2. The van der Waals surface area contributed by atoms with E-state index in [2.05, 4.69) is 5.10 Å². The highest BCUT2D eigenvalue weighted by Crippen LogP contribution is 2.21. The summed E-state index contributed by atoms with van der Waals surface area (Å²) in [6.07, 6.45) is 0.448. The Morgan fingerprint density at radius 1 is 1.43 bits per heavy atom. The summed E-state index contributed by atoms with van der Waals surface area (Å²) in [5.74, 6) is -1.45. The molecule has 0 fully saturated rings. The molecule has 0 N–H and O–H groups in total. The van der Waals surface area contributed by atoms with Gasteiger partial charge in [-0.05, 0) is 6.07 Å². The van der Waals surface area contributed by atoms with Crippen molar-refractivity contribution in [1.82, 2.24) is 9.78 Å². The van der Waals surface area contributed by atoms with Gasteiger partial charge in [-0.2, -0.15) is 5.10 Å². The molecule has 0 amide bonds. The van der Waals surface area contributed by atoms with E-state index in [1.807, 2.05) is 0 Å². The minimum absolute atomic E-state index is 0.0139. The maximum atomic E-state index is 13.3. The van der Waals surface area contributed by atoms with Crippen LogP contribution in [0.5, 0.6) is 0 Å². The molecule has 72 valence electrons. The van der Waals surface area contributed by atoms with Crippen molar-refractivity contribution in [1.29, 1.82) is 0 Å². The predicted molar refractivity (Wildman–Crippen MR) is 46.0 cm³/mol. The second kappa shape index (κ2) is 2.87. The van der Waals surface area contributed by atoms with Gasteiger partial charge >= 0.3 is 0 Å². The van der Waals surface area contributed by atoms with Gasteiger partial charge in [0.1, 0.15) is 17.3 Å². The number of hydrogen-bond donors (Lipinski definition) is 0. The van der Waals surface area contributed by atoms with Gasteiger partial charge in [-0.15, -0.1) is 0 Å². The molecule has 0 radical (unpaired) electrons. The Hall–Kier alpha value is -1.78. The summed E-state index contributed by atoms with van der Waals surface area (Å²) in [6, 6.07) is 1.87. The van der Waals surface area contributed by atoms with Gasteiger partial charge in [0.2, 0.25) is 0 Å². The average molecular weight is 196 g/mol. The van der Waals surface area contributed by atoms with E-state index in [1.54, 1.807) is 0 Å². The van der Waals surface area contributed by atoms with Gasteiger partial charge in [-0.3, -0.25) is 9.48 Å². The summed E-state index contributed by atoms with van der Waals surface area (Å²) in [5, 5.41) is 3.81. The standard InChI is InChI=1S/C9H6F2N2O/c1-13-8-3-5(10)2-6(11)9(8)7(4-14)12-13/h2-4H,1H3. The number of carbonyl (C=O) groups is 1. The summed E-state index contributed by atoms with van der Waals surface area (Å²) in [7, 11) is 1.52. The maximum Gasteiger partial charge on any atom is 0.171 e. The van der Waals surface area contributed by atoms with Crippen LogP contribution < -0.4 is 0 Å². The molecule has 0 saturated carbocycles. The molecule has 0 unspecified atom stereocenters. The molecule has 3 nitrogen and oxygen atoms in total. The summed E-state index contributed by atoms with van der Waals surface area (Å²) >= 11 is 0. The number of aromatic nitrogens is 2. The number of fused-ring (bicyclic) bond motifs is 1. The Balaban J connectivity index is 2.96. The Morgan fingerprint density at radius 3 is 2.79 bits per heavy atom. The Bertz CT molecular complexity index is 519. The zero-order valence-electron chi connectivity index (χ0n) is 7.29. The molecule has 0 aliphatic carbocycles. The van der Waals surface area contributed by atoms with E-state index in [9.17, 15) is 13.6 Å². The molecule has 0 aliphatic heterocycles. The van der Waals surface area contributed by atoms with Crippen LogP contribution in [0, 0.1) is 11.6 Å². The normalized spacial score (nSPS) is 10.8. The number of carbonyl (C=O) groups excluding carboxylic acids is 1. The van der Waals surface area contributed by atoms with Crippen LogP contribution in [0.2, 0.25) is 0 Å². The monoisotopic (exact) mass is 196 g/mol. The first-order chi connectivity index (χ1) is 6.63. The van der Waals surface area contributed by atoms with Gasteiger partial charge in [0, 0.05) is 13.1 Å². The van der Waals surface area contributed by atoms with Crippen molar-refractivity contribution in [2.24, 2.45) is 7.05 Å². The molecule has 1 aromatic heterocycles. The third-order valence-electron chi connectivity index (χ3n) is 2.01. The van der Waals surface area contributed by atoms with E-state index in [4.69, 9.17) is 0 Å². The smallest absolute Gasteiger partial charge is 0.171 e. The number of rotatable bonds is 1. The van der Waals surface area contributed by atoms with Gasteiger partial charge in [0.05, 0.1) is 10.9 Å². The zero-order chi connectivity index (χ0) is 10.3. The van der Waals surface area contributed by atoms with Crippen molar-refractivity contribution < 1.29 is 13.6 Å². The molecule has 0 spiro atoms. The van der Waals surface area contributed by atoms with Crippen LogP contribution in [0.1, 0.15) is 10.5 Å². The van der Waals surface area contributed by atoms with E-state index in [-0.39, 0.29) is 16.6 Å². The molecule has 1 aromatic carbocycles. The topological polar surface area (TPSA) is 34.9 Å². The molecule has 5 heteroatoms. The van der Waals surface area contributed by atoms with Gasteiger partial charge in [-0.1, -0.05) is 0 Å². The van der Waals surface area contributed by atoms with Crippen LogP contribution in [-0.2, 0) is 7.05 Å². The molecule has 14 heavy (non-hydrogen) atoms. The minimum atomic E-state index is -0.768. The summed E-state index contributed by atoms with van der Waals surface area (Å²) < 4.78 is 27.3. The molecule has 0 atom stereocenters. The van der Waals surface area contributed by atoms with Crippen LogP contribution in [0.25, 0.3) is 10.9 Å². The first-order valence-corrected chi connectivity index (χ1v) is 3.90. The van der Waals surface area contributed by atoms with Gasteiger partial charge in [0.25, 0.3) is 0 Å². The van der Waals surface area contributed by atoms with E-state index < -0.39 is 11.6 Å². The number of aldehydes is 1. The lowest BCUT2D eigenvalue weighted by molar-refractivity contribution is 0.111. The second-order valence-electron chi connectivity index (χ2n) is 2.91. The fraction of sp³-hybridized carbons (Fsp3) is 0.111. The SMILES string of the molecule is Cn1nc(C=O)c2c(F)cc(F)cc21. The zero-order valence-corrected chi connectivity index (χ0v) is 7.29. The van der Waals surface area contributed by atoms with Gasteiger partial charge in [-0.25, -0.2) is 8.78 Å². The third kappa shape index (κ3) is 1.09. The Labute approximate surface area is 77.9 Å². The molecular formula is C9H6F2N2O. The van der Waals surface area contributed by atoms with Crippen molar-refractivity contribution >= 4 is 17.2 Å². The van der Waals surface area contributed by atoms with Crippen LogP contribution in [-0.4, -0.2) is 16.1 Å². The number of aryl methyl sites for hydroxylation is 1. The second-order valence-corrected chi connectivity index (χ2v) is 2.91. The first-order valence-electron chi connectivity index (χ1n) is 3.90. The molecule has 0 bridgehead atoms. The van der Waals surface area contributed by atoms with Crippen molar-refractivity contribution in [2.75, 3.05) is 0 Å². The molecule has 0 saturated heterocycles. The van der Waals surface area contributed by atoms with Gasteiger partial charge < -0.3 is 0 Å². The van der Waals surface area contributed by atoms with E-state index in [0.717, 1.165) is 12.1 Å². The van der Waals surface area contributed by atoms with E-state index >= 15 is 0 Å².